The van der Waals surface area contributed by atoms with Crippen LogP contribution in [-0.4, -0.2) is 24.7 Å². The van der Waals surface area contributed by atoms with E-state index in [-0.39, 0.29) is 29.9 Å². The highest BCUT2D eigenvalue weighted by atomic mass is 19.4. The van der Waals surface area contributed by atoms with Gasteiger partial charge in [0.1, 0.15) is 17.1 Å². The first-order valence-electron chi connectivity index (χ1n) is 5.78. The third kappa shape index (κ3) is 4.56. The van der Waals surface area contributed by atoms with E-state index in [0.717, 1.165) is 6.07 Å². The lowest BCUT2D eigenvalue weighted by molar-refractivity contribution is -0.275. The van der Waals surface area contributed by atoms with E-state index in [1.807, 2.05) is 0 Å². The number of alkyl halides is 3. The van der Waals surface area contributed by atoms with Crippen LogP contribution >= 0.6 is 0 Å². The number of carbonyl (C=O) groups excluding carboxylic acids is 2. The SMILES string of the molecule is CCOC(=O)c1cccc(CC(C)=O)c1OC(F)(F)F. The summed E-state index contributed by atoms with van der Waals surface area (Å²) in [5.41, 5.74) is -0.372. The summed E-state index contributed by atoms with van der Waals surface area (Å²) in [6.07, 6.45) is -5.23. The van der Waals surface area contributed by atoms with Gasteiger partial charge in [-0.3, -0.25) is 4.79 Å². The molecule has 0 spiro atoms. The Bertz CT molecular complexity index is 509. The lowest BCUT2D eigenvalue weighted by atomic mass is 10.0. The van der Waals surface area contributed by atoms with Crippen LogP contribution in [0.2, 0.25) is 0 Å². The van der Waals surface area contributed by atoms with Crippen LogP contribution in [0.5, 0.6) is 5.75 Å². The molecule has 1 aromatic rings. The molecule has 20 heavy (non-hydrogen) atoms. The number of Topliss-reactive ketones (excluding diaryl/α,β-unsaturated/α-hetero) is 1. The van der Waals surface area contributed by atoms with Crippen molar-refractivity contribution in [2.75, 3.05) is 6.61 Å². The molecule has 0 fully saturated rings. The highest BCUT2D eigenvalue weighted by molar-refractivity contribution is 5.93. The molecule has 0 aliphatic heterocycles. The second-order valence-electron chi connectivity index (χ2n) is 3.94. The van der Waals surface area contributed by atoms with Crippen LogP contribution in [0.4, 0.5) is 13.2 Å². The summed E-state index contributed by atoms with van der Waals surface area (Å²) in [6, 6.07) is 3.82. The minimum Gasteiger partial charge on any atom is -0.462 e. The predicted octanol–water partition coefficient (Wildman–Crippen LogP) is 2.89. The summed E-state index contributed by atoms with van der Waals surface area (Å²) in [6.45, 7) is 2.78. The molecule has 0 atom stereocenters. The van der Waals surface area contributed by atoms with Crippen molar-refractivity contribution in [1.29, 1.82) is 0 Å². The molecule has 0 saturated carbocycles. The molecule has 0 aliphatic carbocycles. The fraction of sp³-hybridized carbons (Fsp3) is 0.385. The molecular formula is C13H13F3O4. The van der Waals surface area contributed by atoms with Gasteiger partial charge in [0.2, 0.25) is 0 Å². The average molecular weight is 290 g/mol. The lowest BCUT2D eigenvalue weighted by Gasteiger charge is -2.16. The molecule has 0 heterocycles. The Kier molecular flexibility index (Phi) is 5.12. The van der Waals surface area contributed by atoms with Gasteiger partial charge in [-0.1, -0.05) is 12.1 Å². The number of esters is 1. The first-order chi connectivity index (χ1) is 9.24. The Balaban J connectivity index is 3.28. The summed E-state index contributed by atoms with van der Waals surface area (Å²) in [7, 11) is 0. The highest BCUT2D eigenvalue weighted by Crippen LogP contribution is 2.31. The zero-order valence-electron chi connectivity index (χ0n) is 10.9. The molecule has 0 saturated heterocycles. The molecule has 0 amide bonds. The first kappa shape index (κ1) is 16.0. The van der Waals surface area contributed by atoms with E-state index in [0.29, 0.717) is 0 Å². The van der Waals surface area contributed by atoms with Gasteiger partial charge in [-0.15, -0.1) is 13.2 Å². The number of ether oxygens (including phenoxy) is 2. The molecule has 0 aromatic heterocycles. The van der Waals surface area contributed by atoms with Crippen molar-refractivity contribution >= 4 is 11.8 Å². The van der Waals surface area contributed by atoms with Crippen LogP contribution in [0.25, 0.3) is 0 Å². The van der Waals surface area contributed by atoms with E-state index >= 15 is 0 Å². The largest absolute Gasteiger partial charge is 0.573 e. The second-order valence-corrected chi connectivity index (χ2v) is 3.94. The number of benzene rings is 1. The molecule has 1 aromatic carbocycles. The Morgan fingerprint density at radius 1 is 1.25 bits per heavy atom. The Hall–Kier alpha value is -2.05. The Morgan fingerprint density at radius 2 is 1.90 bits per heavy atom. The number of hydrogen-bond donors (Lipinski definition) is 0. The smallest absolute Gasteiger partial charge is 0.462 e. The van der Waals surface area contributed by atoms with Crippen molar-refractivity contribution in [3.63, 3.8) is 0 Å². The molecule has 0 bridgehead atoms. The Morgan fingerprint density at radius 3 is 2.40 bits per heavy atom. The van der Waals surface area contributed by atoms with Gasteiger partial charge in [0, 0.05) is 12.0 Å². The van der Waals surface area contributed by atoms with Crippen LogP contribution in [0.3, 0.4) is 0 Å². The maximum absolute atomic E-state index is 12.4. The number of halogens is 3. The van der Waals surface area contributed by atoms with E-state index in [1.54, 1.807) is 0 Å². The summed E-state index contributed by atoms with van der Waals surface area (Å²) in [5.74, 6) is -1.97. The third-order valence-electron chi connectivity index (χ3n) is 2.25. The van der Waals surface area contributed by atoms with Crippen molar-refractivity contribution in [2.24, 2.45) is 0 Å². The molecule has 1 rings (SSSR count). The number of para-hydroxylation sites is 1. The molecular weight excluding hydrogens is 277 g/mol. The quantitative estimate of drug-likeness (QED) is 0.782. The van der Waals surface area contributed by atoms with Gasteiger partial charge < -0.3 is 9.47 Å². The van der Waals surface area contributed by atoms with Crippen molar-refractivity contribution in [2.45, 2.75) is 26.6 Å². The van der Waals surface area contributed by atoms with Gasteiger partial charge >= 0.3 is 12.3 Å². The second kappa shape index (κ2) is 6.40. The monoisotopic (exact) mass is 290 g/mol. The number of carbonyl (C=O) groups is 2. The average Bonchev–Trinajstić information content (AvgIpc) is 2.29. The van der Waals surface area contributed by atoms with Gasteiger partial charge in [0.05, 0.1) is 6.61 Å². The highest BCUT2D eigenvalue weighted by Gasteiger charge is 2.34. The maximum Gasteiger partial charge on any atom is 0.573 e. The minimum absolute atomic E-state index is 0.0135. The fourth-order valence-corrected chi connectivity index (χ4v) is 1.60. The van der Waals surface area contributed by atoms with E-state index in [4.69, 9.17) is 0 Å². The van der Waals surface area contributed by atoms with Crippen LogP contribution < -0.4 is 4.74 Å². The van der Waals surface area contributed by atoms with E-state index < -0.39 is 18.1 Å². The zero-order chi connectivity index (χ0) is 15.3. The van der Waals surface area contributed by atoms with Gasteiger partial charge in [-0.2, -0.15) is 0 Å². The van der Waals surface area contributed by atoms with Crippen LogP contribution in [0.15, 0.2) is 18.2 Å². The molecule has 110 valence electrons. The molecule has 4 nitrogen and oxygen atoms in total. The zero-order valence-corrected chi connectivity index (χ0v) is 10.9. The van der Waals surface area contributed by atoms with Crippen molar-refractivity contribution in [1.82, 2.24) is 0 Å². The van der Waals surface area contributed by atoms with E-state index in [1.165, 1.54) is 26.0 Å². The summed E-state index contributed by atoms with van der Waals surface area (Å²) in [4.78, 5) is 22.7. The predicted molar refractivity (Wildman–Crippen MR) is 63.5 cm³/mol. The van der Waals surface area contributed by atoms with Gasteiger partial charge in [-0.25, -0.2) is 4.79 Å². The number of hydrogen-bond acceptors (Lipinski definition) is 4. The van der Waals surface area contributed by atoms with Gasteiger partial charge in [0.25, 0.3) is 0 Å². The molecule has 0 aliphatic rings. The van der Waals surface area contributed by atoms with Crippen LogP contribution in [0.1, 0.15) is 29.8 Å². The molecule has 0 radical (unpaired) electrons. The van der Waals surface area contributed by atoms with Crippen molar-refractivity contribution < 1.29 is 32.2 Å². The normalized spacial score (nSPS) is 11.1. The van der Waals surface area contributed by atoms with Gasteiger partial charge in [-0.05, 0) is 19.9 Å². The van der Waals surface area contributed by atoms with Crippen LogP contribution in [-0.2, 0) is 16.0 Å². The summed E-state index contributed by atoms with van der Waals surface area (Å²) in [5, 5.41) is 0. The van der Waals surface area contributed by atoms with Crippen molar-refractivity contribution in [3.05, 3.63) is 29.3 Å². The van der Waals surface area contributed by atoms with E-state index in [2.05, 4.69) is 9.47 Å². The van der Waals surface area contributed by atoms with E-state index in [9.17, 15) is 22.8 Å². The fourth-order valence-electron chi connectivity index (χ4n) is 1.60. The first-order valence-corrected chi connectivity index (χ1v) is 5.78. The van der Waals surface area contributed by atoms with Crippen molar-refractivity contribution in [3.8, 4) is 5.75 Å². The lowest BCUT2D eigenvalue weighted by Crippen LogP contribution is -2.21. The number of rotatable bonds is 5. The number of ketones is 1. The summed E-state index contributed by atoms with van der Waals surface area (Å²) < 4.78 is 45.8. The Labute approximate surface area is 113 Å². The van der Waals surface area contributed by atoms with Gasteiger partial charge in [0.15, 0.2) is 0 Å². The standard InChI is InChI=1S/C13H13F3O4/c1-3-19-12(18)10-6-4-5-9(7-8(2)17)11(10)20-13(14,15)16/h4-6H,3,7H2,1-2H3. The molecule has 0 N–H and O–H groups in total. The maximum atomic E-state index is 12.4. The molecule has 7 heteroatoms. The third-order valence-corrected chi connectivity index (χ3v) is 2.25. The molecule has 0 unspecified atom stereocenters. The summed E-state index contributed by atoms with van der Waals surface area (Å²) >= 11 is 0. The minimum atomic E-state index is -4.96. The van der Waals surface area contributed by atoms with Crippen LogP contribution in [0, 0.1) is 0 Å². The topological polar surface area (TPSA) is 52.6 Å².